The van der Waals surface area contributed by atoms with E-state index < -0.39 is 0 Å². The molecule has 0 heterocycles. The first-order chi connectivity index (χ1) is 9.58. The third kappa shape index (κ3) is 4.60. The van der Waals surface area contributed by atoms with E-state index in [2.05, 4.69) is 45.1 Å². The lowest BCUT2D eigenvalue weighted by atomic mass is 9.96. The Morgan fingerprint density at radius 1 is 1.15 bits per heavy atom. The Morgan fingerprint density at radius 3 is 2.55 bits per heavy atom. The molecule has 0 aromatic heterocycles. The highest BCUT2D eigenvalue weighted by Gasteiger charge is 2.20. The van der Waals surface area contributed by atoms with Crippen LogP contribution in [0.1, 0.15) is 54.5 Å². The number of ether oxygens (including phenoxy) is 1. The van der Waals surface area contributed by atoms with Crippen molar-refractivity contribution in [3.8, 4) is 0 Å². The molecule has 1 aromatic rings. The summed E-state index contributed by atoms with van der Waals surface area (Å²) in [7, 11) is 0. The number of rotatable bonds is 8. The Kier molecular flexibility index (Phi) is 5.62. The van der Waals surface area contributed by atoms with Crippen LogP contribution >= 0.6 is 0 Å². The minimum absolute atomic E-state index is 0.415. The second-order valence-corrected chi connectivity index (χ2v) is 6.34. The monoisotopic (exact) mass is 275 g/mol. The van der Waals surface area contributed by atoms with Gasteiger partial charge in [0.15, 0.2) is 0 Å². The molecule has 1 N–H and O–H groups in total. The smallest absolute Gasteiger partial charge is 0.0494 e. The second-order valence-electron chi connectivity index (χ2n) is 6.34. The normalized spacial score (nSPS) is 16.4. The SMILES string of the molecule is Cc1cc(C)c(C(C)NCCCOCC2CC2)cc1C. The Hall–Kier alpha value is -0.860. The summed E-state index contributed by atoms with van der Waals surface area (Å²) in [6.45, 7) is 11.7. The number of aryl methyl sites for hydroxylation is 3. The largest absolute Gasteiger partial charge is 0.381 e. The van der Waals surface area contributed by atoms with Gasteiger partial charge in [0.1, 0.15) is 0 Å². The van der Waals surface area contributed by atoms with E-state index in [1.165, 1.54) is 35.1 Å². The Morgan fingerprint density at radius 2 is 1.85 bits per heavy atom. The Bertz CT molecular complexity index is 437. The molecule has 20 heavy (non-hydrogen) atoms. The van der Waals surface area contributed by atoms with E-state index in [1.54, 1.807) is 0 Å². The number of hydrogen-bond donors (Lipinski definition) is 1. The summed E-state index contributed by atoms with van der Waals surface area (Å²) in [4.78, 5) is 0. The highest BCUT2D eigenvalue weighted by molar-refractivity contribution is 5.37. The average molecular weight is 275 g/mol. The molecule has 0 radical (unpaired) electrons. The first kappa shape index (κ1) is 15.5. The van der Waals surface area contributed by atoms with Gasteiger partial charge in [0, 0.05) is 19.3 Å². The molecule has 2 heteroatoms. The standard InChI is InChI=1S/C18H29NO/c1-13-10-15(3)18(11-14(13)2)16(4)19-8-5-9-20-12-17-6-7-17/h10-11,16-17,19H,5-9,12H2,1-4H3. The van der Waals surface area contributed by atoms with E-state index in [0.29, 0.717) is 6.04 Å². The van der Waals surface area contributed by atoms with Crippen LogP contribution < -0.4 is 5.32 Å². The number of hydrogen-bond acceptors (Lipinski definition) is 2. The molecule has 1 atom stereocenters. The van der Waals surface area contributed by atoms with Gasteiger partial charge >= 0.3 is 0 Å². The molecule has 1 saturated carbocycles. The fourth-order valence-electron chi connectivity index (χ4n) is 2.59. The first-order valence-electron chi connectivity index (χ1n) is 7.97. The molecule has 0 saturated heterocycles. The van der Waals surface area contributed by atoms with Crippen LogP contribution in [0.25, 0.3) is 0 Å². The van der Waals surface area contributed by atoms with Crippen molar-refractivity contribution in [2.75, 3.05) is 19.8 Å². The van der Waals surface area contributed by atoms with Crippen molar-refractivity contribution in [1.29, 1.82) is 0 Å². The van der Waals surface area contributed by atoms with Gasteiger partial charge in [0.25, 0.3) is 0 Å². The number of nitrogens with one attached hydrogen (secondary N) is 1. The van der Waals surface area contributed by atoms with Crippen molar-refractivity contribution in [2.45, 2.75) is 53.0 Å². The van der Waals surface area contributed by atoms with Crippen LogP contribution in [0.3, 0.4) is 0 Å². The molecule has 1 aliphatic carbocycles. The van der Waals surface area contributed by atoms with Gasteiger partial charge in [-0.05, 0) is 81.7 Å². The van der Waals surface area contributed by atoms with Gasteiger partial charge in [-0.25, -0.2) is 0 Å². The van der Waals surface area contributed by atoms with Crippen molar-refractivity contribution in [1.82, 2.24) is 5.32 Å². The Labute approximate surface area is 123 Å². The van der Waals surface area contributed by atoms with Crippen LogP contribution in [0, 0.1) is 26.7 Å². The topological polar surface area (TPSA) is 21.3 Å². The van der Waals surface area contributed by atoms with Crippen LogP contribution in [0.5, 0.6) is 0 Å². The summed E-state index contributed by atoms with van der Waals surface area (Å²) in [6.07, 6.45) is 3.85. The van der Waals surface area contributed by atoms with Gasteiger partial charge in [-0.2, -0.15) is 0 Å². The predicted molar refractivity (Wildman–Crippen MR) is 85.2 cm³/mol. The van der Waals surface area contributed by atoms with Gasteiger partial charge in [-0.1, -0.05) is 12.1 Å². The molecule has 0 bridgehead atoms. The van der Waals surface area contributed by atoms with E-state index in [9.17, 15) is 0 Å². The van der Waals surface area contributed by atoms with Crippen LogP contribution in [0.15, 0.2) is 12.1 Å². The maximum atomic E-state index is 5.66. The molecule has 2 rings (SSSR count). The molecular weight excluding hydrogens is 246 g/mol. The van der Waals surface area contributed by atoms with E-state index in [4.69, 9.17) is 4.74 Å². The Balaban J connectivity index is 1.70. The highest BCUT2D eigenvalue weighted by Crippen LogP contribution is 2.28. The van der Waals surface area contributed by atoms with Crippen LogP contribution in [0.2, 0.25) is 0 Å². The quantitative estimate of drug-likeness (QED) is 0.722. The molecule has 1 aromatic carbocycles. The molecule has 1 aliphatic rings. The van der Waals surface area contributed by atoms with Gasteiger partial charge in [0.05, 0.1) is 0 Å². The molecule has 112 valence electrons. The zero-order chi connectivity index (χ0) is 14.5. The molecule has 0 amide bonds. The number of benzene rings is 1. The molecule has 0 aliphatic heterocycles. The molecule has 2 nitrogen and oxygen atoms in total. The zero-order valence-electron chi connectivity index (χ0n) is 13.5. The van der Waals surface area contributed by atoms with Gasteiger partial charge < -0.3 is 10.1 Å². The van der Waals surface area contributed by atoms with Crippen molar-refractivity contribution in [3.63, 3.8) is 0 Å². The van der Waals surface area contributed by atoms with Crippen molar-refractivity contribution in [2.24, 2.45) is 5.92 Å². The molecule has 1 fully saturated rings. The van der Waals surface area contributed by atoms with Crippen molar-refractivity contribution < 1.29 is 4.74 Å². The highest BCUT2D eigenvalue weighted by atomic mass is 16.5. The van der Waals surface area contributed by atoms with Gasteiger partial charge in [-0.15, -0.1) is 0 Å². The summed E-state index contributed by atoms with van der Waals surface area (Å²) in [6, 6.07) is 5.03. The van der Waals surface area contributed by atoms with Crippen LogP contribution in [-0.2, 0) is 4.74 Å². The zero-order valence-corrected chi connectivity index (χ0v) is 13.5. The summed E-state index contributed by atoms with van der Waals surface area (Å²) >= 11 is 0. The fourth-order valence-corrected chi connectivity index (χ4v) is 2.59. The van der Waals surface area contributed by atoms with E-state index in [0.717, 1.165) is 32.1 Å². The minimum Gasteiger partial charge on any atom is -0.381 e. The van der Waals surface area contributed by atoms with Crippen LogP contribution in [-0.4, -0.2) is 19.8 Å². The lowest BCUT2D eigenvalue weighted by Crippen LogP contribution is -2.22. The second kappa shape index (κ2) is 7.24. The third-order valence-corrected chi connectivity index (χ3v) is 4.32. The summed E-state index contributed by atoms with van der Waals surface area (Å²) in [5.41, 5.74) is 5.57. The van der Waals surface area contributed by atoms with E-state index in [1.807, 2.05) is 0 Å². The summed E-state index contributed by atoms with van der Waals surface area (Å²) in [5, 5.41) is 3.61. The predicted octanol–water partition coefficient (Wildman–Crippen LogP) is 4.08. The molecule has 0 spiro atoms. The fraction of sp³-hybridized carbons (Fsp3) is 0.667. The maximum Gasteiger partial charge on any atom is 0.0494 e. The van der Waals surface area contributed by atoms with Gasteiger partial charge in [-0.3, -0.25) is 0 Å². The average Bonchev–Trinajstić information content (AvgIpc) is 3.21. The first-order valence-corrected chi connectivity index (χ1v) is 7.97. The summed E-state index contributed by atoms with van der Waals surface area (Å²) < 4.78 is 5.66. The lowest BCUT2D eigenvalue weighted by molar-refractivity contribution is 0.121. The third-order valence-electron chi connectivity index (χ3n) is 4.32. The van der Waals surface area contributed by atoms with Crippen LogP contribution in [0.4, 0.5) is 0 Å². The van der Waals surface area contributed by atoms with E-state index >= 15 is 0 Å². The maximum absolute atomic E-state index is 5.66. The molecule has 1 unspecified atom stereocenters. The lowest BCUT2D eigenvalue weighted by Gasteiger charge is -2.18. The molecular formula is C18H29NO. The van der Waals surface area contributed by atoms with Crippen molar-refractivity contribution >= 4 is 0 Å². The van der Waals surface area contributed by atoms with E-state index in [-0.39, 0.29) is 0 Å². The van der Waals surface area contributed by atoms with Crippen molar-refractivity contribution in [3.05, 3.63) is 34.4 Å². The minimum atomic E-state index is 0.415. The summed E-state index contributed by atoms with van der Waals surface area (Å²) in [5.74, 6) is 0.875. The van der Waals surface area contributed by atoms with Gasteiger partial charge in [0.2, 0.25) is 0 Å².